The number of hydrogen-bond donors (Lipinski definition) is 0. The molecule has 0 aliphatic carbocycles. The van der Waals surface area contributed by atoms with E-state index in [2.05, 4.69) is 122 Å². The first-order valence-electron chi connectivity index (χ1n) is 11.7. The fourth-order valence-electron chi connectivity index (χ4n) is 5.13. The molecule has 160 valence electrons. The van der Waals surface area contributed by atoms with Crippen molar-refractivity contribution in [3.8, 4) is 16.9 Å². The van der Waals surface area contributed by atoms with Gasteiger partial charge in [0.1, 0.15) is 11.9 Å². The van der Waals surface area contributed by atoms with Gasteiger partial charge in [0.05, 0.1) is 0 Å². The minimum absolute atomic E-state index is 0.0225. The fraction of sp³-hybridized carbons (Fsp3) is 0.125. The maximum absolute atomic E-state index is 6.81. The zero-order valence-electron chi connectivity index (χ0n) is 18.7. The van der Waals surface area contributed by atoms with Crippen molar-refractivity contribution >= 4 is 10.8 Å². The Balaban J connectivity index is 1.59. The van der Waals surface area contributed by atoms with E-state index < -0.39 is 0 Å². The molecule has 0 amide bonds. The molecule has 0 bridgehead atoms. The van der Waals surface area contributed by atoms with Crippen LogP contribution in [0.15, 0.2) is 115 Å². The van der Waals surface area contributed by atoms with Crippen molar-refractivity contribution in [1.82, 2.24) is 0 Å². The Kier molecular flexibility index (Phi) is 4.96. The lowest BCUT2D eigenvalue weighted by Crippen LogP contribution is -2.20. The third kappa shape index (κ3) is 3.60. The predicted octanol–water partition coefficient (Wildman–Crippen LogP) is 8.47. The molecule has 0 saturated heterocycles. The number of aryl methyl sites for hydroxylation is 1. The molecule has 2 unspecified atom stereocenters. The maximum atomic E-state index is 6.81. The Labute approximate surface area is 195 Å². The van der Waals surface area contributed by atoms with Crippen LogP contribution in [-0.4, -0.2) is 0 Å². The van der Waals surface area contributed by atoms with E-state index in [4.69, 9.17) is 4.74 Å². The average molecular weight is 427 g/mol. The largest absolute Gasteiger partial charge is 0.485 e. The Morgan fingerprint density at radius 1 is 0.636 bits per heavy atom. The second-order valence-corrected chi connectivity index (χ2v) is 8.97. The highest BCUT2D eigenvalue weighted by Gasteiger charge is 2.32. The van der Waals surface area contributed by atoms with Gasteiger partial charge < -0.3 is 4.74 Å². The van der Waals surface area contributed by atoms with Crippen molar-refractivity contribution in [3.05, 3.63) is 138 Å². The van der Waals surface area contributed by atoms with Crippen LogP contribution in [0, 0.1) is 6.92 Å². The van der Waals surface area contributed by atoms with E-state index in [1.165, 1.54) is 44.2 Å². The second kappa shape index (κ2) is 8.26. The molecule has 1 heteroatoms. The Morgan fingerprint density at radius 3 is 2.00 bits per heavy atom. The molecular weight excluding hydrogens is 400 g/mol. The molecule has 0 N–H and O–H groups in total. The summed E-state index contributed by atoms with van der Waals surface area (Å²) in [5.74, 6) is 1.30. The zero-order chi connectivity index (χ0) is 22.2. The van der Waals surface area contributed by atoms with E-state index in [1.807, 2.05) is 0 Å². The number of fused-ring (bicyclic) bond motifs is 3. The van der Waals surface area contributed by atoms with Crippen LogP contribution >= 0.6 is 0 Å². The molecule has 0 aromatic heterocycles. The van der Waals surface area contributed by atoms with E-state index >= 15 is 0 Å². The van der Waals surface area contributed by atoms with Crippen LogP contribution in [0.5, 0.6) is 5.75 Å². The molecule has 1 aliphatic heterocycles. The standard InChI is InChI=1S/C32H26O/c1-22-16-18-25(19-17-22)31-21-29(24-12-6-3-7-13-24)30-20-28(23-10-4-2-5-11-23)26-14-8-9-15-27(26)32(30)33-31/h2-20,29,31H,21H2,1H3. The van der Waals surface area contributed by atoms with Crippen molar-refractivity contribution in [1.29, 1.82) is 0 Å². The van der Waals surface area contributed by atoms with Crippen molar-refractivity contribution in [2.45, 2.75) is 25.4 Å². The Morgan fingerprint density at radius 2 is 1.27 bits per heavy atom. The molecule has 5 aromatic carbocycles. The Hall–Kier alpha value is -3.84. The van der Waals surface area contributed by atoms with Crippen molar-refractivity contribution in [3.63, 3.8) is 0 Å². The van der Waals surface area contributed by atoms with Gasteiger partial charge in [-0.1, -0.05) is 115 Å². The molecule has 33 heavy (non-hydrogen) atoms. The molecule has 6 rings (SSSR count). The molecule has 0 saturated carbocycles. The summed E-state index contributed by atoms with van der Waals surface area (Å²) in [7, 11) is 0. The Bertz CT molecular complexity index is 1400. The van der Waals surface area contributed by atoms with Crippen LogP contribution in [-0.2, 0) is 0 Å². The SMILES string of the molecule is Cc1ccc(C2CC(c3ccccc3)c3cc(-c4ccccc4)c4ccccc4c3O2)cc1. The van der Waals surface area contributed by atoms with Crippen LogP contribution in [0.25, 0.3) is 21.9 Å². The minimum Gasteiger partial charge on any atom is -0.485 e. The van der Waals surface area contributed by atoms with Crippen molar-refractivity contribution < 1.29 is 4.74 Å². The first-order valence-corrected chi connectivity index (χ1v) is 11.7. The van der Waals surface area contributed by atoms with Gasteiger partial charge in [0.15, 0.2) is 0 Å². The lowest BCUT2D eigenvalue weighted by molar-refractivity contribution is 0.170. The van der Waals surface area contributed by atoms with E-state index in [1.54, 1.807) is 0 Å². The summed E-state index contributed by atoms with van der Waals surface area (Å²) >= 11 is 0. The smallest absolute Gasteiger partial charge is 0.131 e. The third-order valence-electron chi connectivity index (χ3n) is 6.85. The summed E-state index contributed by atoms with van der Waals surface area (Å²) < 4.78 is 6.81. The second-order valence-electron chi connectivity index (χ2n) is 8.97. The topological polar surface area (TPSA) is 9.23 Å². The summed E-state index contributed by atoms with van der Waals surface area (Å²) in [6.45, 7) is 2.13. The van der Waals surface area contributed by atoms with Gasteiger partial charge in [-0.15, -0.1) is 0 Å². The van der Waals surface area contributed by atoms with Crippen molar-refractivity contribution in [2.75, 3.05) is 0 Å². The molecule has 2 atom stereocenters. The highest BCUT2D eigenvalue weighted by molar-refractivity contribution is 6.01. The lowest BCUT2D eigenvalue weighted by Gasteiger charge is -2.34. The van der Waals surface area contributed by atoms with Gasteiger partial charge >= 0.3 is 0 Å². The van der Waals surface area contributed by atoms with Crippen LogP contribution in [0.2, 0.25) is 0 Å². The first-order chi connectivity index (χ1) is 16.3. The van der Waals surface area contributed by atoms with Gasteiger partial charge in [-0.05, 0) is 47.1 Å². The quantitative estimate of drug-likeness (QED) is 0.281. The summed E-state index contributed by atoms with van der Waals surface area (Å²) in [6.07, 6.45) is 0.946. The minimum atomic E-state index is 0.0225. The van der Waals surface area contributed by atoms with Gasteiger partial charge in [0.2, 0.25) is 0 Å². The molecule has 0 spiro atoms. The van der Waals surface area contributed by atoms with E-state index in [-0.39, 0.29) is 12.0 Å². The summed E-state index contributed by atoms with van der Waals surface area (Å²) in [6, 6.07) is 41.4. The normalized spacial score (nSPS) is 17.4. The van der Waals surface area contributed by atoms with Crippen LogP contribution in [0.3, 0.4) is 0 Å². The molecular formula is C32H26O. The van der Waals surface area contributed by atoms with E-state index in [0.717, 1.165) is 12.2 Å². The van der Waals surface area contributed by atoms with Gasteiger partial charge in [0.25, 0.3) is 0 Å². The van der Waals surface area contributed by atoms with Gasteiger partial charge in [-0.2, -0.15) is 0 Å². The lowest BCUT2D eigenvalue weighted by atomic mass is 9.80. The molecule has 1 nitrogen and oxygen atoms in total. The molecule has 0 fully saturated rings. The van der Waals surface area contributed by atoms with Gasteiger partial charge in [0, 0.05) is 16.9 Å². The maximum Gasteiger partial charge on any atom is 0.131 e. The number of ether oxygens (including phenoxy) is 1. The molecule has 1 aliphatic rings. The number of rotatable bonds is 3. The first kappa shape index (κ1) is 19.8. The van der Waals surface area contributed by atoms with Crippen LogP contribution < -0.4 is 4.74 Å². The van der Waals surface area contributed by atoms with Gasteiger partial charge in [-0.25, -0.2) is 0 Å². The van der Waals surface area contributed by atoms with Crippen LogP contribution in [0.1, 0.15) is 40.7 Å². The monoisotopic (exact) mass is 426 g/mol. The molecule has 0 radical (unpaired) electrons. The number of hydrogen-bond acceptors (Lipinski definition) is 1. The predicted molar refractivity (Wildman–Crippen MR) is 137 cm³/mol. The van der Waals surface area contributed by atoms with Crippen molar-refractivity contribution in [2.24, 2.45) is 0 Å². The van der Waals surface area contributed by atoms with E-state index in [9.17, 15) is 0 Å². The third-order valence-corrected chi connectivity index (χ3v) is 6.85. The fourth-order valence-corrected chi connectivity index (χ4v) is 5.13. The average Bonchev–Trinajstić information content (AvgIpc) is 2.89. The summed E-state index contributed by atoms with van der Waals surface area (Å²) in [5, 5.41) is 2.42. The van der Waals surface area contributed by atoms with E-state index in [0.29, 0.717) is 0 Å². The highest BCUT2D eigenvalue weighted by Crippen LogP contribution is 2.50. The molecule has 1 heterocycles. The number of benzene rings is 5. The zero-order valence-corrected chi connectivity index (χ0v) is 18.7. The van der Waals surface area contributed by atoms with Gasteiger partial charge in [-0.3, -0.25) is 0 Å². The highest BCUT2D eigenvalue weighted by atomic mass is 16.5. The molecule has 5 aromatic rings. The summed E-state index contributed by atoms with van der Waals surface area (Å²) in [4.78, 5) is 0. The van der Waals surface area contributed by atoms with Crippen LogP contribution in [0.4, 0.5) is 0 Å². The summed E-state index contributed by atoms with van der Waals surface area (Å²) in [5.41, 5.74) is 7.64.